The molecule has 1 N–H and O–H groups in total. The van der Waals surface area contributed by atoms with E-state index in [-0.39, 0.29) is 6.03 Å². The Kier molecular flexibility index (Phi) is 4.07. The quantitative estimate of drug-likeness (QED) is 0.860. The van der Waals surface area contributed by atoms with Crippen LogP contribution in [-0.4, -0.2) is 49.4 Å². The van der Waals surface area contributed by atoms with Crippen LogP contribution in [0.15, 0.2) is 24.3 Å². The molecule has 124 valence electrons. The number of nitrogens with zero attached hydrogens (tertiary/aromatic N) is 1. The number of urea groups is 1. The third-order valence-corrected chi connectivity index (χ3v) is 5.45. The number of hydrogen-bond acceptors (Lipinski definition) is 3. The van der Waals surface area contributed by atoms with E-state index >= 15 is 0 Å². The summed E-state index contributed by atoms with van der Waals surface area (Å²) in [6.45, 7) is 2.60. The number of benzene rings is 1. The van der Waals surface area contributed by atoms with Gasteiger partial charge in [0.15, 0.2) is 0 Å². The molecule has 0 aromatic heterocycles. The Morgan fingerprint density at radius 1 is 1.22 bits per heavy atom. The first kappa shape index (κ1) is 15.1. The molecule has 0 aliphatic carbocycles. The van der Waals surface area contributed by atoms with Crippen LogP contribution in [0.4, 0.5) is 4.79 Å². The molecule has 4 rings (SSSR count). The zero-order chi connectivity index (χ0) is 15.8. The first-order valence-electron chi connectivity index (χ1n) is 8.27. The van der Waals surface area contributed by atoms with Gasteiger partial charge in [-0.25, -0.2) is 4.79 Å². The smallest absolute Gasteiger partial charge is 0.317 e. The molecule has 4 atom stereocenters. The highest BCUT2D eigenvalue weighted by Gasteiger charge is 2.53. The van der Waals surface area contributed by atoms with Crippen LogP contribution in [-0.2, 0) is 4.74 Å². The predicted molar refractivity (Wildman–Crippen MR) is 86.8 cm³/mol. The molecule has 6 heteroatoms. The number of fused-ring (bicyclic) bond motifs is 5. The lowest BCUT2D eigenvalue weighted by Crippen LogP contribution is -2.41. The number of nitrogens with one attached hydrogen (secondary N) is 1. The molecule has 5 nitrogen and oxygen atoms in total. The van der Waals surface area contributed by atoms with E-state index in [9.17, 15) is 4.79 Å². The Bertz CT molecular complexity index is 562. The van der Waals surface area contributed by atoms with Crippen molar-refractivity contribution >= 4 is 17.6 Å². The molecule has 3 aliphatic rings. The summed E-state index contributed by atoms with van der Waals surface area (Å²) in [6.07, 6.45) is 3.10. The van der Waals surface area contributed by atoms with Crippen LogP contribution in [0.1, 0.15) is 12.8 Å². The molecule has 3 aliphatic heterocycles. The number of ether oxygens (including phenoxy) is 2. The second kappa shape index (κ2) is 6.21. The Labute approximate surface area is 140 Å². The highest BCUT2D eigenvalue weighted by molar-refractivity contribution is 6.30. The van der Waals surface area contributed by atoms with Gasteiger partial charge in [-0.05, 0) is 37.1 Å². The summed E-state index contributed by atoms with van der Waals surface area (Å²) < 4.78 is 11.5. The van der Waals surface area contributed by atoms with Crippen molar-refractivity contribution in [3.05, 3.63) is 29.3 Å². The van der Waals surface area contributed by atoms with E-state index in [2.05, 4.69) is 5.32 Å². The Morgan fingerprint density at radius 3 is 2.52 bits per heavy atom. The first-order chi connectivity index (χ1) is 11.2. The van der Waals surface area contributed by atoms with Gasteiger partial charge in [-0.2, -0.15) is 0 Å². The van der Waals surface area contributed by atoms with Crippen molar-refractivity contribution in [1.29, 1.82) is 0 Å². The minimum atomic E-state index is 0.0125. The van der Waals surface area contributed by atoms with Gasteiger partial charge in [-0.3, -0.25) is 0 Å². The summed E-state index contributed by atoms with van der Waals surface area (Å²) in [5.41, 5.74) is 0. The lowest BCUT2D eigenvalue weighted by Gasteiger charge is -2.19. The van der Waals surface area contributed by atoms with Gasteiger partial charge in [-0.15, -0.1) is 0 Å². The number of amides is 2. The van der Waals surface area contributed by atoms with Crippen molar-refractivity contribution in [1.82, 2.24) is 10.2 Å². The Hall–Kier alpha value is -1.46. The average molecular weight is 337 g/mol. The summed E-state index contributed by atoms with van der Waals surface area (Å²) in [7, 11) is 0. The maximum Gasteiger partial charge on any atom is 0.317 e. The molecule has 1 aromatic rings. The van der Waals surface area contributed by atoms with Crippen molar-refractivity contribution in [3.8, 4) is 5.75 Å². The molecule has 0 saturated carbocycles. The summed E-state index contributed by atoms with van der Waals surface area (Å²) >= 11 is 5.83. The lowest BCUT2D eigenvalue weighted by atomic mass is 9.82. The summed E-state index contributed by atoms with van der Waals surface area (Å²) in [4.78, 5) is 14.2. The second-order valence-electron chi connectivity index (χ2n) is 6.56. The third-order valence-electron chi connectivity index (χ3n) is 5.20. The van der Waals surface area contributed by atoms with Gasteiger partial charge in [0.25, 0.3) is 0 Å². The topological polar surface area (TPSA) is 50.8 Å². The monoisotopic (exact) mass is 336 g/mol. The molecule has 3 saturated heterocycles. The van der Waals surface area contributed by atoms with E-state index in [0.717, 1.165) is 31.7 Å². The molecule has 0 radical (unpaired) electrons. The van der Waals surface area contributed by atoms with Gasteiger partial charge >= 0.3 is 6.03 Å². The van der Waals surface area contributed by atoms with Crippen molar-refractivity contribution < 1.29 is 14.3 Å². The molecule has 3 heterocycles. The number of carbonyl (C=O) groups is 1. The minimum absolute atomic E-state index is 0.0125. The maximum absolute atomic E-state index is 12.3. The average Bonchev–Trinajstić information content (AvgIpc) is 3.25. The molecule has 0 unspecified atom stereocenters. The van der Waals surface area contributed by atoms with E-state index in [1.807, 2.05) is 17.0 Å². The molecule has 2 amide bonds. The lowest BCUT2D eigenvalue weighted by molar-refractivity contribution is 0.0738. The largest absolute Gasteiger partial charge is 0.492 e. The molecule has 23 heavy (non-hydrogen) atoms. The van der Waals surface area contributed by atoms with Gasteiger partial charge < -0.3 is 19.7 Å². The van der Waals surface area contributed by atoms with Gasteiger partial charge in [0.05, 0.1) is 18.8 Å². The van der Waals surface area contributed by atoms with Crippen molar-refractivity contribution in [2.24, 2.45) is 11.8 Å². The number of halogens is 1. The second-order valence-corrected chi connectivity index (χ2v) is 6.99. The summed E-state index contributed by atoms with van der Waals surface area (Å²) in [5, 5.41) is 3.62. The fourth-order valence-corrected chi connectivity index (χ4v) is 4.22. The Balaban J connectivity index is 1.20. The van der Waals surface area contributed by atoms with Gasteiger partial charge in [-0.1, -0.05) is 11.6 Å². The molecular formula is C17H21ClN2O3. The molecule has 1 aromatic carbocycles. The van der Waals surface area contributed by atoms with Crippen LogP contribution < -0.4 is 10.1 Å². The summed E-state index contributed by atoms with van der Waals surface area (Å²) in [5.74, 6) is 1.85. The van der Waals surface area contributed by atoms with Crippen LogP contribution in [0.25, 0.3) is 0 Å². The fourth-order valence-electron chi connectivity index (χ4n) is 4.10. The number of carbonyl (C=O) groups excluding carboxylic acids is 1. The highest BCUT2D eigenvalue weighted by Crippen LogP contribution is 2.47. The van der Waals surface area contributed by atoms with E-state index < -0.39 is 0 Å². The zero-order valence-corrected chi connectivity index (χ0v) is 13.7. The highest BCUT2D eigenvalue weighted by atomic mass is 35.5. The number of rotatable bonds is 4. The van der Waals surface area contributed by atoms with E-state index in [0.29, 0.717) is 42.2 Å². The van der Waals surface area contributed by atoms with Crippen molar-refractivity contribution in [3.63, 3.8) is 0 Å². The first-order valence-corrected chi connectivity index (χ1v) is 8.65. The maximum atomic E-state index is 12.3. The van der Waals surface area contributed by atoms with Crippen LogP contribution in [0.2, 0.25) is 5.02 Å². The summed E-state index contributed by atoms with van der Waals surface area (Å²) in [6, 6.07) is 7.23. The van der Waals surface area contributed by atoms with Crippen molar-refractivity contribution in [2.45, 2.75) is 25.0 Å². The number of hydrogen-bond donors (Lipinski definition) is 1. The molecule has 3 fully saturated rings. The van der Waals surface area contributed by atoms with Crippen LogP contribution in [0.3, 0.4) is 0 Å². The van der Waals surface area contributed by atoms with Crippen molar-refractivity contribution in [2.75, 3.05) is 26.2 Å². The Morgan fingerprint density at radius 2 is 1.87 bits per heavy atom. The molecule has 0 spiro atoms. The van der Waals surface area contributed by atoms with Gasteiger partial charge in [0, 0.05) is 29.9 Å². The van der Waals surface area contributed by atoms with E-state index in [1.54, 1.807) is 12.1 Å². The van der Waals surface area contributed by atoms with Gasteiger partial charge in [0.1, 0.15) is 12.4 Å². The zero-order valence-electron chi connectivity index (χ0n) is 12.9. The van der Waals surface area contributed by atoms with Crippen LogP contribution in [0.5, 0.6) is 5.75 Å². The molecule has 2 bridgehead atoms. The third kappa shape index (κ3) is 3.00. The SMILES string of the molecule is O=C(NCCOc1ccc(Cl)cc1)N1C[C@H]2[C@H](C1)[C@H]1CC[C@H]2O1. The molecular weight excluding hydrogens is 316 g/mol. The predicted octanol–water partition coefficient (Wildman–Crippen LogP) is 2.54. The van der Waals surface area contributed by atoms with Gasteiger partial charge in [0.2, 0.25) is 0 Å². The van der Waals surface area contributed by atoms with E-state index in [1.165, 1.54) is 0 Å². The standard InChI is InChI=1S/C17H21ClN2O3/c18-11-1-3-12(4-2-11)22-8-7-19-17(21)20-9-13-14(10-20)16-6-5-15(13)23-16/h1-4,13-16H,5-10H2,(H,19,21)/t13-,14-,15+,16+/m0/s1. The van der Waals surface area contributed by atoms with E-state index in [4.69, 9.17) is 21.1 Å². The van der Waals surface area contributed by atoms with Crippen LogP contribution >= 0.6 is 11.6 Å². The number of likely N-dealkylation sites (tertiary alicyclic amines) is 1. The van der Waals surface area contributed by atoms with Crippen LogP contribution in [0, 0.1) is 11.8 Å². The minimum Gasteiger partial charge on any atom is -0.492 e. The normalized spacial score (nSPS) is 31.3. The fraction of sp³-hybridized carbons (Fsp3) is 0.588.